The average molecular weight is 305 g/mol. The van der Waals surface area contributed by atoms with Gasteiger partial charge in [0.05, 0.1) is 0 Å². The van der Waals surface area contributed by atoms with E-state index in [-0.39, 0.29) is 0 Å². The number of fused-ring (bicyclic) bond motifs is 1. The fourth-order valence-corrected chi connectivity index (χ4v) is 2.73. The highest BCUT2D eigenvalue weighted by molar-refractivity contribution is 6.33. The molecule has 0 radical (unpaired) electrons. The van der Waals surface area contributed by atoms with Crippen molar-refractivity contribution in [3.8, 4) is 0 Å². The summed E-state index contributed by atoms with van der Waals surface area (Å²) in [4.78, 5) is 0. The highest BCUT2D eigenvalue weighted by Gasteiger charge is 2.06. The summed E-state index contributed by atoms with van der Waals surface area (Å²) in [7, 11) is 0. The molecule has 0 saturated carbocycles. The SMILES string of the molecule is NCc1ccc2c(ccn2Cc2cc(Cl)ccc2Cl)c1. The molecule has 3 rings (SSSR count). The van der Waals surface area contributed by atoms with E-state index in [1.165, 1.54) is 10.9 Å². The molecule has 102 valence electrons. The first-order chi connectivity index (χ1) is 9.67. The molecule has 0 saturated heterocycles. The molecule has 0 bridgehead atoms. The van der Waals surface area contributed by atoms with E-state index in [9.17, 15) is 0 Å². The van der Waals surface area contributed by atoms with Gasteiger partial charge in [0.25, 0.3) is 0 Å². The van der Waals surface area contributed by atoms with Crippen molar-refractivity contribution in [3.05, 3.63) is 69.8 Å². The molecule has 0 fully saturated rings. The van der Waals surface area contributed by atoms with E-state index in [0.717, 1.165) is 16.1 Å². The van der Waals surface area contributed by atoms with Gasteiger partial charge in [-0.1, -0.05) is 29.3 Å². The Balaban J connectivity index is 2.00. The standard InChI is InChI=1S/C16H14Cl2N2/c17-14-2-3-15(18)13(8-14)10-20-6-5-12-7-11(9-19)1-4-16(12)20/h1-8H,9-10,19H2. The summed E-state index contributed by atoms with van der Waals surface area (Å²) in [6.07, 6.45) is 2.06. The summed E-state index contributed by atoms with van der Waals surface area (Å²) < 4.78 is 2.16. The number of aromatic nitrogens is 1. The van der Waals surface area contributed by atoms with Gasteiger partial charge in [0.15, 0.2) is 0 Å². The van der Waals surface area contributed by atoms with Crippen LogP contribution in [0.2, 0.25) is 10.0 Å². The molecule has 0 unspecified atom stereocenters. The lowest BCUT2D eigenvalue weighted by Crippen LogP contribution is -1.99. The zero-order valence-corrected chi connectivity index (χ0v) is 12.3. The number of hydrogen-bond donors (Lipinski definition) is 1. The summed E-state index contributed by atoms with van der Waals surface area (Å²) in [6.45, 7) is 1.26. The van der Waals surface area contributed by atoms with E-state index >= 15 is 0 Å². The van der Waals surface area contributed by atoms with Crippen LogP contribution in [0.4, 0.5) is 0 Å². The molecule has 3 aromatic rings. The third-order valence-electron chi connectivity index (χ3n) is 3.42. The van der Waals surface area contributed by atoms with Gasteiger partial charge in [0.1, 0.15) is 0 Å². The van der Waals surface area contributed by atoms with Gasteiger partial charge in [-0.05, 0) is 52.9 Å². The van der Waals surface area contributed by atoms with Crippen LogP contribution in [0.3, 0.4) is 0 Å². The van der Waals surface area contributed by atoms with Crippen molar-refractivity contribution in [2.24, 2.45) is 5.73 Å². The molecule has 1 heterocycles. The van der Waals surface area contributed by atoms with Crippen LogP contribution in [-0.4, -0.2) is 4.57 Å². The maximum atomic E-state index is 6.22. The molecule has 0 aliphatic carbocycles. The van der Waals surface area contributed by atoms with Gasteiger partial charge in [-0.3, -0.25) is 0 Å². The van der Waals surface area contributed by atoms with E-state index in [4.69, 9.17) is 28.9 Å². The number of nitrogens with two attached hydrogens (primary N) is 1. The molecule has 0 spiro atoms. The van der Waals surface area contributed by atoms with Crippen molar-refractivity contribution >= 4 is 34.1 Å². The van der Waals surface area contributed by atoms with Gasteiger partial charge in [0.2, 0.25) is 0 Å². The molecule has 2 aromatic carbocycles. The van der Waals surface area contributed by atoms with Crippen molar-refractivity contribution in [3.63, 3.8) is 0 Å². The van der Waals surface area contributed by atoms with Crippen LogP contribution in [-0.2, 0) is 13.1 Å². The second-order valence-electron chi connectivity index (χ2n) is 4.78. The van der Waals surface area contributed by atoms with E-state index in [1.54, 1.807) is 6.07 Å². The van der Waals surface area contributed by atoms with Crippen LogP contribution in [0, 0.1) is 0 Å². The number of halogens is 2. The molecular formula is C16H14Cl2N2. The van der Waals surface area contributed by atoms with Crippen molar-refractivity contribution in [2.75, 3.05) is 0 Å². The smallest absolute Gasteiger partial charge is 0.0491 e. The normalized spacial score (nSPS) is 11.2. The second kappa shape index (κ2) is 5.49. The Morgan fingerprint density at radius 1 is 1.00 bits per heavy atom. The van der Waals surface area contributed by atoms with E-state index in [1.807, 2.05) is 12.1 Å². The third-order valence-corrected chi connectivity index (χ3v) is 4.02. The maximum absolute atomic E-state index is 6.22. The van der Waals surface area contributed by atoms with Crippen LogP contribution in [0.5, 0.6) is 0 Å². The van der Waals surface area contributed by atoms with Crippen molar-refractivity contribution in [2.45, 2.75) is 13.1 Å². The monoisotopic (exact) mass is 304 g/mol. The Kier molecular flexibility index (Phi) is 3.70. The molecule has 20 heavy (non-hydrogen) atoms. The minimum atomic E-state index is 0.557. The highest BCUT2D eigenvalue weighted by atomic mass is 35.5. The molecule has 0 aliphatic heterocycles. The number of rotatable bonds is 3. The van der Waals surface area contributed by atoms with Crippen molar-refractivity contribution in [1.29, 1.82) is 0 Å². The third kappa shape index (κ3) is 2.55. The first-order valence-corrected chi connectivity index (χ1v) is 7.15. The van der Waals surface area contributed by atoms with Gasteiger partial charge >= 0.3 is 0 Å². The molecule has 4 heteroatoms. The van der Waals surface area contributed by atoms with Crippen LogP contribution in [0.25, 0.3) is 10.9 Å². The van der Waals surface area contributed by atoms with E-state index < -0.39 is 0 Å². The number of benzene rings is 2. The zero-order valence-electron chi connectivity index (χ0n) is 10.8. The summed E-state index contributed by atoms with van der Waals surface area (Å²) in [6, 6.07) is 13.9. The Labute approximate surface area is 127 Å². The largest absolute Gasteiger partial charge is 0.343 e. The van der Waals surface area contributed by atoms with Crippen molar-refractivity contribution < 1.29 is 0 Å². The zero-order chi connectivity index (χ0) is 14.1. The van der Waals surface area contributed by atoms with Gasteiger partial charge in [-0.2, -0.15) is 0 Å². The second-order valence-corrected chi connectivity index (χ2v) is 5.62. The van der Waals surface area contributed by atoms with Gasteiger partial charge in [0, 0.05) is 34.8 Å². The van der Waals surface area contributed by atoms with Crippen LogP contribution in [0.15, 0.2) is 48.7 Å². The highest BCUT2D eigenvalue weighted by Crippen LogP contribution is 2.24. The fourth-order valence-electron chi connectivity index (χ4n) is 2.36. The quantitative estimate of drug-likeness (QED) is 0.761. The Hall–Kier alpha value is -1.48. The lowest BCUT2D eigenvalue weighted by atomic mass is 10.1. The lowest BCUT2D eigenvalue weighted by molar-refractivity contribution is 0.837. The molecule has 0 amide bonds. The summed E-state index contributed by atoms with van der Waals surface area (Å²) in [5.74, 6) is 0. The maximum Gasteiger partial charge on any atom is 0.0491 e. The Morgan fingerprint density at radius 3 is 2.65 bits per heavy atom. The van der Waals surface area contributed by atoms with Gasteiger partial charge in [-0.15, -0.1) is 0 Å². The Morgan fingerprint density at radius 2 is 1.85 bits per heavy atom. The minimum absolute atomic E-state index is 0.557. The Bertz CT molecular complexity index is 762. The van der Waals surface area contributed by atoms with Crippen LogP contribution < -0.4 is 5.73 Å². The minimum Gasteiger partial charge on any atom is -0.343 e. The molecule has 2 N–H and O–H groups in total. The van der Waals surface area contributed by atoms with E-state index in [0.29, 0.717) is 18.1 Å². The molecule has 1 aromatic heterocycles. The van der Waals surface area contributed by atoms with E-state index in [2.05, 4.69) is 35.0 Å². The molecule has 2 nitrogen and oxygen atoms in total. The lowest BCUT2D eigenvalue weighted by Gasteiger charge is -2.08. The van der Waals surface area contributed by atoms with Gasteiger partial charge in [-0.25, -0.2) is 0 Å². The fraction of sp³-hybridized carbons (Fsp3) is 0.125. The topological polar surface area (TPSA) is 30.9 Å². The molecule has 0 atom stereocenters. The number of hydrogen-bond acceptors (Lipinski definition) is 1. The first-order valence-electron chi connectivity index (χ1n) is 6.39. The first kappa shape index (κ1) is 13.5. The summed E-state index contributed by atoms with van der Waals surface area (Å²) in [5, 5.41) is 2.62. The summed E-state index contributed by atoms with van der Waals surface area (Å²) in [5.41, 5.74) is 8.98. The predicted molar refractivity (Wildman–Crippen MR) is 85.4 cm³/mol. The van der Waals surface area contributed by atoms with Gasteiger partial charge < -0.3 is 10.3 Å². The molecule has 0 aliphatic rings. The van der Waals surface area contributed by atoms with Crippen LogP contribution in [0.1, 0.15) is 11.1 Å². The molecular weight excluding hydrogens is 291 g/mol. The predicted octanol–water partition coefficient (Wildman–Crippen LogP) is 4.46. The summed E-state index contributed by atoms with van der Waals surface area (Å²) >= 11 is 12.3. The number of nitrogens with zero attached hydrogens (tertiary/aromatic N) is 1. The van der Waals surface area contributed by atoms with Crippen molar-refractivity contribution in [1.82, 2.24) is 4.57 Å². The van der Waals surface area contributed by atoms with Crippen LogP contribution >= 0.6 is 23.2 Å². The average Bonchev–Trinajstić information content (AvgIpc) is 2.85.